The van der Waals surface area contributed by atoms with Gasteiger partial charge in [-0.15, -0.1) is 0 Å². The summed E-state index contributed by atoms with van der Waals surface area (Å²) in [6, 6.07) is 7.15. The first-order chi connectivity index (χ1) is 15.4. The fourth-order valence-corrected chi connectivity index (χ4v) is 3.13. The third-order valence-corrected chi connectivity index (χ3v) is 4.92. The van der Waals surface area contributed by atoms with Crippen LogP contribution in [-0.4, -0.2) is 92.5 Å². The Morgan fingerprint density at radius 3 is 2.38 bits per heavy atom. The van der Waals surface area contributed by atoms with Crippen LogP contribution in [0.5, 0.6) is 11.5 Å². The maximum Gasteiger partial charge on any atom is 0.317 e. The molecule has 1 saturated heterocycles. The molecule has 1 aliphatic rings. The number of nitrogens with zero attached hydrogens (tertiary/aromatic N) is 1. The van der Waals surface area contributed by atoms with Crippen molar-refractivity contribution >= 4 is 6.03 Å². The van der Waals surface area contributed by atoms with E-state index in [-0.39, 0.29) is 18.7 Å². The molecule has 1 atom stereocenters. The molecule has 9 nitrogen and oxygen atoms in total. The SMILES string of the molecule is CC(C)COCCOc1ccc(OCC(O)CNCCNC(=O)N2CCC(O)CC2)cc1. The summed E-state index contributed by atoms with van der Waals surface area (Å²) < 4.78 is 16.7. The summed E-state index contributed by atoms with van der Waals surface area (Å²) in [7, 11) is 0. The molecular formula is C23H39N3O6. The zero-order chi connectivity index (χ0) is 23.2. The fraction of sp³-hybridized carbons (Fsp3) is 0.696. The number of carbonyl (C=O) groups is 1. The van der Waals surface area contributed by atoms with Crippen molar-refractivity contribution in [1.29, 1.82) is 0 Å². The van der Waals surface area contributed by atoms with Gasteiger partial charge in [-0.1, -0.05) is 13.8 Å². The summed E-state index contributed by atoms with van der Waals surface area (Å²) in [5.74, 6) is 1.92. The van der Waals surface area contributed by atoms with E-state index in [1.165, 1.54) is 0 Å². The molecule has 1 aliphatic heterocycles. The van der Waals surface area contributed by atoms with Crippen molar-refractivity contribution in [1.82, 2.24) is 15.5 Å². The van der Waals surface area contributed by atoms with Crippen molar-refractivity contribution in [3.8, 4) is 11.5 Å². The number of aliphatic hydroxyl groups excluding tert-OH is 2. The van der Waals surface area contributed by atoms with Crippen LogP contribution in [0.4, 0.5) is 4.79 Å². The highest BCUT2D eigenvalue weighted by atomic mass is 16.5. The minimum absolute atomic E-state index is 0.113. The molecule has 1 aromatic carbocycles. The standard InChI is InChI=1S/C23H39N3O6/c1-18(2)16-30-13-14-31-21-3-5-22(6-4-21)32-17-20(28)15-24-9-10-25-23(29)26-11-7-19(27)8-12-26/h3-6,18-20,24,27-28H,7-17H2,1-2H3,(H,25,29). The molecule has 0 saturated carbocycles. The maximum absolute atomic E-state index is 12.0. The number of aliphatic hydroxyl groups is 2. The third kappa shape index (κ3) is 11.0. The number of hydrogen-bond acceptors (Lipinski definition) is 7. The van der Waals surface area contributed by atoms with Crippen molar-refractivity contribution in [2.45, 2.75) is 38.9 Å². The van der Waals surface area contributed by atoms with Crippen LogP contribution in [0, 0.1) is 5.92 Å². The minimum Gasteiger partial charge on any atom is -0.491 e. The second kappa shape index (κ2) is 14.9. The molecule has 182 valence electrons. The van der Waals surface area contributed by atoms with Crippen LogP contribution in [-0.2, 0) is 4.74 Å². The summed E-state index contributed by atoms with van der Waals surface area (Å²) in [4.78, 5) is 13.7. The molecule has 0 spiro atoms. The van der Waals surface area contributed by atoms with Crippen molar-refractivity contribution in [3.05, 3.63) is 24.3 Å². The van der Waals surface area contributed by atoms with Crippen molar-refractivity contribution in [2.24, 2.45) is 5.92 Å². The van der Waals surface area contributed by atoms with Crippen LogP contribution in [0.1, 0.15) is 26.7 Å². The first-order valence-electron chi connectivity index (χ1n) is 11.5. The zero-order valence-electron chi connectivity index (χ0n) is 19.3. The first-order valence-corrected chi connectivity index (χ1v) is 11.5. The second-order valence-electron chi connectivity index (χ2n) is 8.41. The molecule has 1 fully saturated rings. The minimum atomic E-state index is -0.664. The van der Waals surface area contributed by atoms with E-state index in [0.717, 1.165) is 12.4 Å². The number of carbonyl (C=O) groups excluding carboxylic acids is 1. The number of likely N-dealkylation sites (tertiary alicyclic amines) is 1. The molecule has 4 N–H and O–H groups in total. The van der Waals surface area contributed by atoms with E-state index in [9.17, 15) is 15.0 Å². The Labute approximate surface area is 191 Å². The predicted molar refractivity (Wildman–Crippen MR) is 122 cm³/mol. The second-order valence-corrected chi connectivity index (χ2v) is 8.41. The molecule has 1 unspecified atom stereocenters. The quantitative estimate of drug-likeness (QED) is 0.314. The van der Waals surface area contributed by atoms with Gasteiger partial charge in [0.1, 0.15) is 30.8 Å². The molecule has 9 heteroatoms. The first kappa shape index (κ1) is 26.2. The monoisotopic (exact) mass is 453 g/mol. The van der Waals surface area contributed by atoms with E-state index in [2.05, 4.69) is 24.5 Å². The average Bonchev–Trinajstić information content (AvgIpc) is 2.78. The van der Waals surface area contributed by atoms with Gasteiger partial charge >= 0.3 is 6.03 Å². The normalized spacial score (nSPS) is 15.6. The molecule has 0 aromatic heterocycles. The van der Waals surface area contributed by atoms with Gasteiger partial charge in [0.15, 0.2) is 0 Å². The number of urea groups is 1. The van der Waals surface area contributed by atoms with Crippen LogP contribution in [0.3, 0.4) is 0 Å². The fourth-order valence-electron chi connectivity index (χ4n) is 3.13. The Morgan fingerprint density at radius 1 is 1.06 bits per heavy atom. The lowest BCUT2D eigenvalue weighted by Crippen LogP contribution is -2.47. The number of ether oxygens (including phenoxy) is 3. The highest BCUT2D eigenvalue weighted by molar-refractivity contribution is 5.74. The molecular weight excluding hydrogens is 414 g/mol. The number of rotatable bonds is 14. The van der Waals surface area contributed by atoms with Crippen LogP contribution >= 0.6 is 0 Å². The van der Waals surface area contributed by atoms with Gasteiger partial charge in [-0.05, 0) is 43.0 Å². The zero-order valence-corrected chi connectivity index (χ0v) is 19.3. The summed E-state index contributed by atoms with van der Waals surface area (Å²) in [6.45, 7) is 8.71. The van der Waals surface area contributed by atoms with Crippen molar-refractivity contribution in [3.63, 3.8) is 0 Å². The summed E-state index contributed by atoms with van der Waals surface area (Å²) in [6.07, 6.45) is 0.292. The van der Waals surface area contributed by atoms with Crippen LogP contribution < -0.4 is 20.1 Å². The smallest absolute Gasteiger partial charge is 0.317 e. The number of benzene rings is 1. The van der Waals surface area contributed by atoms with Gasteiger partial charge in [0.05, 0.1) is 12.7 Å². The topological polar surface area (TPSA) is 113 Å². The van der Waals surface area contributed by atoms with E-state index in [4.69, 9.17) is 14.2 Å². The van der Waals surface area contributed by atoms with Gasteiger partial charge < -0.3 is 40.0 Å². The third-order valence-electron chi connectivity index (χ3n) is 4.92. The lowest BCUT2D eigenvalue weighted by atomic mass is 10.1. The molecule has 0 aliphatic carbocycles. The highest BCUT2D eigenvalue weighted by Gasteiger charge is 2.20. The number of amides is 2. The molecule has 32 heavy (non-hydrogen) atoms. The van der Waals surface area contributed by atoms with E-state index < -0.39 is 6.10 Å². The molecule has 1 heterocycles. The predicted octanol–water partition coefficient (Wildman–Crippen LogP) is 1.23. The Hall–Kier alpha value is -2.07. The Morgan fingerprint density at radius 2 is 1.72 bits per heavy atom. The lowest BCUT2D eigenvalue weighted by molar-refractivity contribution is 0.0818. The van der Waals surface area contributed by atoms with E-state index >= 15 is 0 Å². The van der Waals surface area contributed by atoms with Gasteiger partial charge in [0.25, 0.3) is 0 Å². The van der Waals surface area contributed by atoms with Crippen molar-refractivity contribution < 1.29 is 29.2 Å². The number of nitrogens with one attached hydrogen (secondary N) is 2. The Balaban J connectivity index is 1.49. The molecule has 2 amide bonds. The lowest BCUT2D eigenvalue weighted by Gasteiger charge is -2.29. The Bertz CT molecular complexity index is 635. The van der Waals surface area contributed by atoms with Gasteiger partial charge in [-0.3, -0.25) is 0 Å². The van der Waals surface area contributed by atoms with E-state index in [1.54, 1.807) is 17.0 Å². The maximum atomic E-state index is 12.0. The largest absolute Gasteiger partial charge is 0.491 e. The van der Waals surface area contributed by atoms with Crippen molar-refractivity contribution in [2.75, 3.05) is 59.2 Å². The van der Waals surface area contributed by atoms with Gasteiger partial charge in [-0.25, -0.2) is 4.79 Å². The number of hydrogen-bond donors (Lipinski definition) is 4. The van der Waals surface area contributed by atoms with Crippen LogP contribution in [0.2, 0.25) is 0 Å². The summed E-state index contributed by atoms with van der Waals surface area (Å²) in [5, 5.41) is 25.5. The number of piperidine rings is 1. The summed E-state index contributed by atoms with van der Waals surface area (Å²) in [5.41, 5.74) is 0. The summed E-state index contributed by atoms with van der Waals surface area (Å²) >= 11 is 0. The Kier molecular flexibility index (Phi) is 12.2. The van der Waals surface area contributed by atoms with Gasteiger partial charge in [0.2, 0.25) is 0 Å². The average molecular weight is 454 g/mol. The highest BCUT2D eigenvalue weighted by Crippen LogP contribution is 2.17. The molecule has 1 aromatic rings. The van der Waals surface area contributed by atoms with Gasteiger partial charge in [-0.2, -0.15) is 0 Å². The van der Waals surface area contributed by atoms with E-state index in [0.29, 0.717) is 70.4 Å². The molecule has 2 rings (SSSR count). The van der Waals surface area contributed by atoms with Gasteiger partial charge in [0, 0.05) is 39.3 Å². The van der Waals surface area contributed by atoms with E-state index in [1.807, 2.05) is 12.1 Å². The molecule has 0 bridgehead atoms. The van der Waals surface area contributed by atoms with Crippen LogP contribution in [0.15, 0.2) is 24.3 Å². The molecule has 0 radical (unpaired) electrons. The van der Waals surface area contributed by atoms with Crippen LogP contribution in [0.25, 0.3) is 0 Å².